The number of nitrogens with two attached hydrogens (primary N) is 1. The van der Waals surface area contributed by atoms with Crippen molar-refractivity contribution in [2.75, 3.05) is 13.1 Å². The van der Waals surface area contributed by atoms with Crippen molar-refractivity contribution in [3.63, 3.8) is 0 Å². The first-order valence-corrected chi connectivity index (χ1v) is 6.84. The molecule has 0 radical (unpaired) electrons. The van der Waals surface area contributed by atoms with Crippen molar-refractivity contribution in [1.29, 1.82) is 0 Å². The number of nitrogens with one attached hydrogen (secondary N) is 1. The fourth-order valence-corrected chi connectivity index (χ4v) is 2.26. The Kier molecular flexibility index (Phi) is 6.58. The van der Waals surface area contributed by atoms with E-state index in [0.717, 1.165) is 6.54 Å². The van der Waals surface area contributed by atoms with Crippen LogP contribution < -0.4 is 11.1 Å². The monoisotopic (exact) mass is 254 g/mol. The number of hydrogen-bond donors (Lipinski definition) is 3. The van der Waals surface area contributed by atoms with Crippen LogP contribution in [-0.4, -0.2) is 29.5 Å². The topological polar surface area (TPSA) is 58.3 Å². The zero-order valence-corrected chi connectivity index (χ0v) is 11.3. The number of rotatable bonds is 7. The van der Waals surface area contributed by atoms with Crippen LogP contribution in [0.2, 0.25) is 0 Å². The molecule has 0 aliphatic carbocycles. The smallest absolute Gasteiger partial charge is 0.0786 e. The lowest BCUT2D eigenvalue weighted by Crippen LogP contribution is -2.32. The molecule has 17 heavy (non-hydrogen) atoms. The Labute approximate surface area is 108 Å². The van der Waals surface area contributed by atoms with Crippen molar-refractivity contribution in [3.05, 3.63) is 29.8 Å². The fourth-order valence-electron chi connectivity index (χ4n) is 1.42. The summed E-state index contributed by atoms with van der Waals surface area (Å²) in [6.45, 7) is 5.99. The van der Waals surface area contributed by atoms with E-state index in [2.05, 4.69) is 43.4 Å². The third-order valence-corrected chi connectivity index (χ3v) is 3.29. The van der Waals surface area contributed by atoms with E-state index in [1.54, 1.807) is 0 Å². The number of aliphatic hydroxyl groups excluding tert-OH is 1. The number of hydrogen-bond acceptors (Lipinski definition) is 4. The van der Waals surface area contributed by atoms with E-state index in [0.29, 0.717) is 18.3 Å². The van der Waals surface area contributed by atoms with Crippen molar-refractivity contribution >= 4 is 11.8 Å². The molecule has 0 aliphatic rings. The lowest BCUT2D eigenvalue weighted by atomic mass is 10.2. The highest BCUT2D eigenvalue weighted by molar-refractivity contribution is 7.99. The zero-order valence-electron chi connectivity index (χ0n) is 10.5. The molecule has 0 saturated heterocycles. The van der Waals surface area contributed by atoms with Crippen molar-refractivity contribution in [2.45, 2.75) is 36.6 Å². The van der Waals surface area contributed by atoms with Gasteiger partial charge in [0.15, 0.2) is 0 Å². The Balaban J connectivity index is 2.35. The van der Waals surface area contributed by atoms with Crippen LogP contribution in [0.1, 0.15) is 19.4 Å². The normalized spacial score (nSPS) is 13.0. The Bertz CT molecular complexity index is 314. The van der Waals surface area contributed by atoms with Gasteiger partial charge in [-0.1, -0.05) is 26.0 Å². The minimum Gasteiger partial charge on any atom is -0.390 e. The molecule has 96 valence electrons. The molecule has 0 bridgehead atoms. The van der Waals surface area contributed by atoms with Crippen molar-refractivity contribution in [1.82, 2.24) is 5.32 Å². The van der Waals surface area contributed by atoms with E-state index in [-0.39, 0.29) is 0 Å². The lowest BCUT2D eigenvalue weighted by molar-refractivity contribution is 0.179. The molecule has 4 heteroatoms. The molecule has 0 spiro atoms. The molecule has 0 amide bonds. The maximum atomic E-state index is 9.29. The summed E-state index contributed by atoms with van der Waals surface area (Å²) in [6.07, 6.45) is -0.453. The van der Waals surface area contributed by atoms with E-state index < -0.39 is 6.10 Å². The van der Waals surface area contributed by atoms with Gasteiger partial charge in [0.2, 0.25) is 0 Å². The summed E-state index contributed by atoms with van der Waals surface area (Å²) in [4.78, 5) is 1.30. The van der Waals surface area contributed by atoms with E-state index in [1.165, 1.54) is 10.5 Å². The molecule has 1 atom stereocenters. The van der Waals surface area contributed by atoms with E-state index in [4.69, 9.17) is 5.73 Å². The maximum Gasteiger partial charge on any atom is 0.0786 e. The van der Waals surface area contributed by atoms with Crippen LogP contribution in [-0.2, 0) is 6.54 Å². The van der Waals surface area contributed by atoms with Gasteiger partial charge in [0.05, 0.1) is 6.10 Å². The van der Waals surface area contributed by atoms with E-state index >= 15 is 0 Å². The Hall–Kier alpha value is -0.550. The largest absolute Gasteiger partial charge is 0.390 e. The van der Waals surface area contributed by atoms with Crippen molar-refractivity contribution in [3.8, 4) is 0 Å². The van der Waals surface area contributed by atoms with Crippen LogP contribution in [0.4, 0.5) is 0 Å². The van der Waals surface area contributed by atoms with Gasteiger partial charge in [0.25, 0.3) is 0 Å². The molecule has 0 aliphatic heterocycles. The molecule has 1 aromatic rings. The average molecular weight is 254 g/mol. The summed E-state index contributed by atoms with van der Waals surface area (Å²) in [5.41, 5.74) is 6.55. The minimum absolute atomic E-state index is 0.303. The highest BCUT2D eigenvalue weighted by Crippen LogP contribution is 2.22. The highest BCUT2D eigenvalue weighted by atomic mass is 32.2. The third-order valence-electron chi connectivity index (χ3n) is 2.28. The summed E-state index contributed by atoms with van der Waals surface area (Å²) in [7, 11) is 0. The molecule has 0 saturated carbocycles. The van der Waals surface area contributed by atoms with Gasteiger partial charge in [0.1, 0.15) is 0 Å². The average Bonchev–Trinajstić information content (AvgIpc) is 2.30. The van der Waals surface area contributed by atoms with Crippen LogP contribution in [0, 0.1) is 0 Å². The number of thioether (sulfide) groups is 1. The Morgan fingerprint density at radius 3 is 2.47 bits per heavy atom. The second kappa shape index (κ2) is 7.71. The van der Waals surface area contributed by atoms with Crippen molar-refractivity contribution < 1.29 is 5.11 Å². The first-order valence-electron chi connectivity index (χ1n) is 5.96. The van der Waals surface area contributed by atoms with Crippen LogP contribution in [0.25, 0.3) is 0 Å². The molecule has 0 fully saturated rings. The van der Waals surface area contributed by atoms with Gasteiger partial charge in [-0.2, -0.15) is 0 Å². The van der Waals surface area contributed by atoms with Gasteiger partial charge in [-0.05, 0) is 17.7 Å². The van der Waals surface area contributed by atoms with E-state index in [1.807, 2.05) is 11.8 Å². The summed E-state index contributed by atoms with van der Waals surface area (Å²) < 4.78 is 0. The van der Waals surface area contributed by atoms with Gasteiger partial charge in [0, 0.05) is 29.8 Å². The van der Waals surface area contributed by atoms with Gasteiger partial charge < -0.3 is 16.2 Å². The molecule has 0 heterocycles. The first-order chi connectivity index (χ1) is 8.11. The predicted octanol–water partition coefficient (Wildman–Crippen LogP) is 1.60. The second-order valence-electron chi connectivity index (χ2n) is 4.33. The predicted molar refractivity (Wildman–Crippen MR) is 74.2 cm³/mol. The van der Waals surface area contributed by atoms with E-state index in [9.17, 15) is 5.11 Å². The summed E-state index contributed by atoms with van der Waals surface area (Å²) in [5.74, 6) is 0. The van der Waals surface area contributed by atoms with Gasteiger partial charge in [-0.3, -0.25) is 0 Å². The second-order valence-corrected chi connectivity index (χ2v) is 5.98. The van der Waals surface area contributed by atoms with Gasteiger partial charge in [-0.25, -0.2) is 0 Å². The van der Waals surface area contributed by atoms with Crippen LogP contribution >= 0.6 is 11.8 Å². The summed E-state index contributed by atoms with van der Waals surface area (Å²) in [5, 5.41) is 13.1. The highest BCUT2D eigenvalue weighted by Gasteiger charge is 2.01. The molecule has 1 rings (SSSR count). The standard InChI is InChI=1S/C13H22N2OS/c1-10(2)17-13-5-3-11(4-6-13)8-15-9-12(16)7-14/h3-6,10,12,15-16H,7-9,14H2,1-2H3. The molecule has 1 aromatic carbocycles. The molecule has 4 N–H and O–H groups in total. The van der Waals surface area contributed by atoms with Crippen LogP contribution in [0.5, 0.6) is 0 Å². The maximum absolute atomic E-state index is 9.29. The summed E-state index contributed by atoms with van der Waals surface area (Å²) in [6, 6.07) is 8.52. The minimum atomic E-state index is -0.453. The SMILES string of the molecule is CC(C)Sc1ccc(CNCC(O)CN)cc1. The number of benzene rings is 1. The Morgan fingerprint density at radius 2 is 1.94 bits per heavy atom. The summed E-state index contributed by atoms with van der Waals surface area (Å²) >= 11 is 1.86. The molecular weight excluding hydrogens is 232 g/mol. The molecule has 3 nitrogen and oxygen atoms in total. The third kappa shape index (κ3) is 6.07. The lowest BCUT2D eigenvalue weighted by Gasteiger charge is -2.10. The van der Waals surface area contributed by atoms with Crippen LogP contribution in [0.3, 0.4) is 0 Å². The Morgan fingerprint density at radius 1 is 1.29 bits per heavy atom. The molecular formula is C13H22N2OS. The quantitative estimate of drug-likeness (QED) is 0.647. The van der Waals surface area contributed by atoms with Crippen LogP contribution in [0.15, 0.2) is 29.2 Å². The van der Waals surface area contributed by atoms with Crippen molar-refractivity contribution in [2.24, 2.45) is 5.73 Å². The van der Waals surface area contributed by atoms with Gasteiger partial charge >= 0.3 is 0 Å². The molecule has 1 unspecified atom stereocenters. The fraction of sp³-hybridized carbons (Fsp3) is 0.538. The zero-order chi connectivity index (χ0) is 12.7. The number of aliphatic hydroxyl groups is 1. The molecule has 0 aromatic heterocycles. The van der Waals surface area contributed by atoms with Gasteiger partial charge in [-0.15, -0.1) is 11.8 Å². The first kappa shape index (κ1) is 14.5.